The summed E-state index contributed by atoms with van der Waals surface area (Å²) in [5, 5.41) is 14.6. The summed E-state index contributed by atoms with van der Waals surface area (Å²) in [6, 6.07) is 9.91. The third-order valence-electron chi connectivity index (χ3n) is 4.05. The van der Waals surface area contributed by atoms with Crippen LogP contribution in [0.3, 0.4) is 0 Å². The van der Waals surface area contributed by atoms with E-state index in [1.54, 1.807) is 22.2 Å². The fraction of sp³-hybridized carbons (Fsp3) is 0.176. The molecule has 0 saturated heterocycles. The van der Waals surface area contributed by atoms with E-state index in [4.69, 9.17) is 0 Å². The number of aromatic nitrogens is 5. The minimum atomic E-state index is -0.0143. The van der Waals surface area contributed by atoms with E-state index < -0.39 is 0 Å². The Bertz CT molecular complexity index is 999. The Balaban J connectivity index is 1.68. The van der Waals surface area contributed by atoms with Gasteiger partial charge in [-0.15, -0.1) is 16.4 Å². The number of tetrazole rings is 1. The Kier molecular flexibility index (Phi) is 3.70. The first kappa shape index (κ1) is 14.8. The van der Waals surface area contributed by atoms with Crippen LogP contribution in [-0.2, 0) is 13.0 Å². The highest BCUT2D eigenvalue weighted by Crippen LogP contribution is 2.24. The topological polar surface area (TPSA) is 76.5 Å². The lowest BCUT2D eigenvalue weighted by molar-refractivity contribution is 0.0969. The van der Waals surface area contributed by atoms with Crippen molar-refractivity contribution in [3.8, 4) is 10.7 Å². The minimum absolute atomic E-state index is 0.0143. The maximum Gasteiger partial charge on any atom is 0.192 e. The zero-order chi connectivity index (χ0) is 16.5. The van der Waals surface area contributed by atoms with Crippen molar-refractivity contribution >= 4 is 28.0 Å². The maximum atomic E-state index is 12.8. The number of aryl methyl sites for hydroxylation is 1. The molecule has 3 heterocycles. The highest BCUT2D eigenvalue weighted by atomic mass is 32.1. The number of nitrogens with zero attached hydrogens (tertiary/aromatic N) is 4. The second-order valence-corrected chi connectivity index (χ2v) is 6.40. The van der Waals surface area contributed by atoms with Gasteiger partial charge in [0.2, 0.25) is 0 Å². The van der Waals surface area contributed by atoms with Crippen LogP contribution < -0.4 is 0 Å². The number of H-pyrrole nitrogens is 1. The third kappa shape index (κ3) is 2.43. The molecule has 0 unspecified atom stereocenters. The molecule has 0 bridgehead atoms. The number of benzene rings is 1. The van der Waals surface area contributed by atoms with Crippen molar-refractivity contribution in [3.05, 3.63) is 53.0 Å². The molecular weight excluding hydrogens is 322 g/mol. The molecule has 1 N–H and O–H groups in total. The Morgan fingerprint density at radius 3 is 3.00 bits per heavy atom. The Hall–Kier alpha value is -2.80. The Labute approximate surface area is 142 Å². The molecule has 7 heteroatoms. The van der Waals surface area contributed by atoms with Crippen LogP contribution in [0.15, 0.2) is 41.9 Å². The van der Waals surface area contributed by atoms with Crippen LogP contribution in [0, 0.1) is 0 Å². The molecule has 0 saturated carbocycles. The molecule has 24 heavy (non-hydrogen) atoms. The molecule has 4 aromatic rings. The number of nitrogens with one attached hydrogen (secondary N) is 1. The van der Waals surface area contributed by atoms with Gasteiger partial charge in [0, 0.05) is 22.7 Å². The number of Topliss-reactive ketones (excluding diaryl/α,β-unsaturated/α-hetero) is 1. The summed E-state index contributed by atoms with van der Waals surface area (Å²) in [5.41, 5.74) is 2.90. The van der Waals surface area contributed by atoms with Crippen LogP contribution >= 0.6 is 11.3 Å². The van der Waals surface area contributed by atoms with E-state index >= 15 is 0 Å². The number of para-hydroxylation sites is 1. The van der Waals surface area contributed by atoms with Crippen molar-refractivity contribution in [2.45, 2.75) is 19.9 Å². The summed E-state index contributed by atoms with van der Waals surface area (Å²) >= 11 is 1.55. The number of thiophene rings is 1. The quantitative estimate of drug-likeness (QED) is 0.567. The maximum absolute atomic E-state index is 12.8. The van der Waals surface area contributed by atoms with E-state index in [1.165, 1.54) is 5.56 Å². The lowest BCUT2D eigenvalue weighted by atomic mass is 10.0. The van der Waals surface area contributed by atoms with Crippen molar-refractivity contribution in [2.24, 2.45) is 0 Å². The minimum Gasteiger partial charge on any atom is -0.360 e. The standard InChI is InChI=1S/C17H15N5OS/c1-2-11-5-3-6-12-13(9-18-16(11)12)14(23)10-22-17(19-20-21-22)15-7-4-8-24-15/h3-9,18H,2,10H2,1H3. The van der Waals surface area contributed by atoms with Gasteiger partial charge in [0.15, 0.2) is 11.6 Å². The number of fused-ring (bicyclic) bond motifs is 1. The summed E-state index contributed by atoms with van der Waals surface area (Å²) in [5.74, 6) is 0.604. The number of rotatable bonds is 5. The van der Waals surface area contributed by atoms with Gasteiger partial charge in [-0.05, 0) is 33.9 Å². The third-order valence-corrected chi connectivity index (χ3v) is 4.92. The largest absolute Gasteiger partial charge is 0.360 e. The molecule has 0 atom stereocenters. The van der Waals surface area contributed by atoms with Crippen LogP contribution in [0.1, 0.15) is 22.8 Å². The average Bonchev–Trinajstić information content (AvgIpc) is 3.33. The van der Waals surface area contributed by atoms with Crippen molar-refractivity contribution in [1.82, 2.24) is 25.2 Å². The van der Waals surface area contributed by atoms with Gasteiger partial charge in [-0.2, -0.15) is 0 Å². The Morgan fingerprint density at radius 2 is 2.21 bits per heavy atom. The highest BCUT2D eigenvalue weighted by Gasteiger charge is 2.17. The number of carbonyl (C=O) groups is 1. The molecule has 4 rings (SSSR count). The van der Waals surface area contributed by atoms with Crippen molar-refractivity contribution < 1.29 is 4.79 Å². The fourth-order valence-corrected chi connectivity index (χ4v) is 3.57. The molecule has 6 nitrogen and oxygen atoms in total. The van der Waals surface area contributed by atoms with Gasteiger partial charge in [-0.25, -0.2) is 4.68 Å². The number of ketones is 1. The van der Waals surface area contributed by atoms with Gasteiger partial charge < -0.3 is 4.98 Å². The SMILES string of the molecule is CCc1cccc2c(C(=O)Cn3nnnc3-c3cccs3)c[nH]c12. The summed E-state index contributed by atoms with van der Waals surface area (Å²) < 4.78 is 1.55. The molecule has 0 spiro atoms. The molecule has 0 aliphatic carbocycles. The van der Waals surface area contributed by atoms with E-state index in [2.05, 4.69) is 33.5 Å². The van der Waals surface area contributed by atoms with Crippen molar-refractivity contribution in [2.75, 3.05) is 0 Å². The molecule has 0 fully saturated rings. The van der Waals surface area contributed by atoms with Crippen molar-refractivity contribution in [1.29, 1.82) is 0 Å². The van der Waals surface area contributed by atoms with Gasteiger partial charge in [0.05, 0.1) is 4.88 Å². The van der Waals surface area contributed by atoms with Gasteiger partial charge in [0.25, 0.3) is 0 Å². The Morgan fingerprint density at radius 1 is 1.29 bits per heavy atom. The zero-order valence-corrected chi connectivity index (χ0v) is 13.9. The number of aromatic amines is 1. The van der Waals surface area contributed by atoms with Crippen LogP contribution in [0.25, 0.3) is 21.6 Å². The smallest absolute Gasteiger partial charge is 0.192 e. The summed E-state index contributed by atoms with van der Waals surface area (Å²) in [4.78, 5) is 17.0. The predicted molar refractivity (Wildman–Crippen MR) is 93.1 cm³/mol. The lowest BCUT2D eigenvalue weighted by Crippen LogP contribution is -2.12. The van der Waals surface area contributed by atoms with Crippen molar-refractivity contribution in [3.63, 3.8) is 0 Å². The highest BCUT2D eigenvalue weighted by molar-refractivity contribution is 7.13. The van der Waals surface area contributed by atoms with Crippen LogP contribution in [-0.4, -0.2) is 31.0 Å². The first-order valence-electron chi connectivity index (χ1n) is 7.70. The second-order valence-electron chi connectivity index (χ2n) is 5.46. The molecule has 0 amide bonds. The number of carbonyl (C=O) groups excluding carboxylic acids is 1. The van der Waals surface area contributed by atoms with Gasteiger partial charge in [-0.1, -0.05) is 31.2 Å². The predicted octanol–water partition coefficient (Wildman–Crippen LogP) is 3.33. The van der Waals surface area contributed by atoms with Gasteiger partial charge in [0.1, 0.15) is 6.54 Å². The normalized spacial score (nSPS) is 11.2. The summed E-state index contributed by atoms with van der Waals surface area (Å²) in [7, 11) is 0. The monoisotopic (exact) mass is 337 g/mol. The van der Waals surface area contributed by atoms with Gasteiger partial charge >= 0.3 is 0 Å². The van der Waals surface area contributed by atoms with E-state index in [-0.39, 0.29) is 12.3 Å². The molecule has 3 aromatic heterocycles. The van der Waals surface area contributed by atoms with E-state index in [0.29, 0.717) is 11.4 Å². The zero-order valence-electron chi connectivity index (χ0n) is 13.1. The molecular formula is C17H15N5OS. The van der Waals surface area contributed by atoms with Crippen LogP contribution in [0.2, 0.25) is 0 Å². The molecule has 0 aliphatic heterocycles. The average molecular weight is 337 g/mol. The number of hydrogen-bond acceptors (Lipinski definition) is 5. The van der Waals surface area contributed by atoms with E-state index in [0.717, 1.165) is 22.2 Å². The van der Waals surface area contributed by atoms with Gasteiger partial charge in [-0.3, -0.25) is 4.79 Å². The summed E-state index contributed by atoms with van der Waals surface area (Å²) in [6.45, 7) is 2.22. The lowest BCUT2D eigenvalue weighted by Gasteiger charge is -2.03. The first-order chi connectivity index (χ1) is 11.8. The van der Waals surface area contributed by atoms with E-state index in [9.17, 15) is 4.79 Å². The molecule has 1 aromatic carbocycles. The van der Waals surface area contributed by atoms with Crippen LogP contribution in [0.5, 0.6) is 0 Å². The molecule has 0 radical (unpaired) electrons. The van der Waals surface area contributed by atoms with E-state index in [1.807, 2.05) is 29.6 Å². The molecule has 120 valence electrons. The molecule has 0 aliphatic rings. The number of hydrogen-bond donors (Lipinski definition) is 1. The fourth-order valence-electron chi connectivity index (χ4n) is 2.86. The summed E-state index contributed by atoms with van der Waals surface area (Å²) in [6.07, 6.45) is 2.70. The van der Waals surface area contributed by atoms with Crippen LogP contribution in [0.4, 0.5) is 0 Å². The first-order valence-corrected chi connectivity index (χ1v) is 8.58. The second kappa shape index (κ2) is 6.01.